The molecule has 4 saturated carbocycles. The summed E-state index contributed by atoms with van der Waals surface area (Å²) in [6.07, 6.45) is 7.45. The van der Waals surface area contributed by atoms with E-state index < -0.39 is 68.6 Å². The van der Waals surface area contributed by atoms with E-state index in [1.54, 1.807) is 4.90 Å². The smallest absolute Gasteiger partial charge is 0.315 e. The van der Waals surface area contributed by atoms with Crippen molar-refractivity contribution in [3.05, 3.63) is 0 Å². The number of ketones is 1. The minimum Gasteiger partial charge on any atom is -0.379 e. The molecule has 14 nitrogen and oxygen atoms in total. The van der Waals surface area contributed by atoms with E-state index in [1.165, 1.54) is 4.31 Å². The van der Waals surface area contributed by atoms with Crippen molar-refractivity contribution in [1.82, 2.24) is 30.5 Å². The largest absolute Gasteiger partial charge is 0.379 e. The van der Waals surface area contributed by atoms with Crippen molar-refractivity contribution < 1.29 is 37.1 Å². The lowest BCUT2D eigenvalue weighted by Crippen LogP contribution is -2.64. The molecule has 5 amide bonds. The molecule has 2 heterocycles. The monoisotopic (exact) mass is 734 g/mol. The Bertz CT molecular complexity index is 1490. The molecule has 15 heteroatoms. The van der Waals surface area contributed by atoms with Crippen LogP contribution >= 0.6 is 0 Å². The van der Waals surface area contributed by atoms with Gasteiger partial charge in [-0.3, -0.25) is 19.2 Å². The van der Waals surface area contributed by atoms with Crippen LogP contribution in [-0.4, -0.2) is 115 Å². The van der Waals surface area contributed by atoms with Crippen LogP contribution in [-0.2, 0) is 33.9 Å². The van der Waals surface area contributed by atoms with Gasteiger partial charge >= 0.3 is 6.03 Å². The molecule has 6 rings (SSSR count). The van der Waals surface area contributed by atoms with E-state index in [0.29, 0.717) is 39.0 Å². The Kier molecular flexibility index (Phi) is 10.6. The number of amides is 5. The molecule has 0 aromatic rings. The molecule has 2 saturated heterocycles. The number of nitrogens with one attached hydrogen (secondary N) is 4. The summed E-state index contributed by atoms with van der Waals surface area (Å²) in [6.45, 7) is 11.2. The zero-order valence-corrected chi connectivity index (χ0v) is 31.7. The molecule has 4 N–H and O–H groups in total. The number of hydrogen-bond donors (Lipinski definition) is 4. The van der Waals surface area contributed by atoms with Crippen molar-refractivity contribution in [3.8, 4) is 0 Å². The van der Waals surface area contributed by atoms with Gasteiger partial charge in [0.15, 0.2) is 0 Å². The minimum absolute atomic E-state index is 0.0101. The first-order chi connectivity index (χ1) is 23.9. The molecule has 6 aliphatic rings. The standard InChI is InChI=1S/C36H58N6O8S/c1-34(2,3)29(39-33(47)40-36(13-7-6-8-14-36)21-51(48,49)41-15-17-50-18-16-41)32(46)42-20-24-26(35(24,4)5)27(42)30(44)38-25(19-22-9-10-22)28(43)31(45)37-23-11-12-23/h22-27,29H,6-21H2,1-5H3,(H,37,45)(H,38,44)(H2,39,40,47)/t24-,25-,26-,27-,29+/m0/s1. The van der Waals surface area contributed by atoms with E-state index in [9.17, 15) is 32.4 Å². The molecule has 6 fully saturated rings. The topological polar surface area (TPSA) is 183 Å². The molecule has 4 aliphatic carbocycles. The second-order valence-electron chi connectivity index (χ2n) is 17.7. The Morgan fingerprint density at radius 2 is 1.57 bits per heavy atom. The minimum atomic E-state index is -3.69. The molecule has 0 bridgehead atoms. The van der Waals surface area contributed by atoms with Crippen LogP contribution in [0.15, 0.2) is 0 Å². The number of Topliss-reactive ketones (excluding diaryl/α,β-unsaturated/α-hetero) is 1. The molecule has 0 unspecified atom stereocenters. The average molecular weight is 735 g/mol. The Labute approximate surface area is 302 Å². The van der Waals surface area contributed by atoms with Gasteiger partial charge in [-0.1, -0.05) is 66.7 Å². The Morgan fingerprint density at radius 1 is 0.922 bits per heavy atom. The maximum absolute atomic E-state index is 14.5. The first kappa shape index (κ1) is 38.0. The van der Waals surface area contributed by atoms with Crippen LogP contribution in [0.3, 0.4) is 0 Å². The normalized spacial score (nSPS) is 28.5. The number of likely N-dealkylation sites (tertiary alicyclic amines) is 1. The number of morpholine rings is 1. The summed E-state index contributed by atoms with van der Waals surface area (Å²) >= 11 is 0. The Hall–Kier alpha value is -2.78. The summed E-state index contributed by atoms with van der Waals surface area (Å²) in [7, 11) is -3.69. The average Bonchev–Trinajstić information content (AvgIpc) is 4.02. The second-order valence-corrected chi connectivity index (χ2v) is 19.7. The highest BCUT2D eigenvalue weighted by molar-refractivity contribution is 7.89. The highest BCUT2D eigenvalue weighted by Crippen LogP contribution is 2.65. The van der Waals surface area contributed by atoms with E-state index in [0.717, 1.165) is 44.9 Å². The van der Waals surface area contributed by atoms with E-state index >= 15 is 0 Å². The zero-order chi connectivity index (χ0) is 36.9. The summed E-state index contributed by atoms with van der Waals surface area (Å²) in [5, 5.41) is 11.6. The fourth-order valence-electron chi connectivity index (χ4n) is 8.65. The van der Waals surface area contributed by atoms with Gasteiger partial charge in [0.25, 0.3) is 5.91 Å². The summed E-state index contributed by atoms with van der Waals surface area (Å²) < 4.78 is 33.8. The highest BCUT2D eigenvalue weighted by Gasteiger charge is 2.70. The predicted octanol–water partition coefficient (Wildman–Crippen LogP) is 1.68. The van der Waals surface area contributed by atoms with Gasteiger partial charge in [0.2, 0.25) is 27.6 Å². The van der Waals surface area contributed by atoms with Crippen molar-refractivity contribution >= 4 is 39.6 Å². The van der Waals surface area contributed by atoms with Gasteiger partial charge in [0.1, 0.15) is 12.1 Å². The molecule has 0 radical (unpaired) electrons. The number of nitrogens with zero attached hydrogens (tertiary/aromatic N) is 2. The van der Waals surface area contributed by atoms with Crippen LogP contribution < -0.4 is 21.3 Å². The summed E-state index contributed by atoms with van der Waals surface area (Å²) in [6, 6.07) is -3.47. The molecule has 0 aromatic heterocycles. The van der Waals surface area contributed by atoms with Crippen LogP contribution in [0.2, 0.25) is 0 Å². The molecule has 2 aliphatic heterocycles. The van der Waals surface area contributed by atoms with Gasteiger partial charge < -0.3 is 30.9 Å². The SMILES string of the molecule is CC(C)(C)[C@H](NC(=O)NC1(CS(=O)(=O)N2CCOCC2)CCCCC1)C(=O)N1C[C@H]2[C@@H]([C@H]1C(=O)N[C@@H](CC1CC1)C(=O)C(=O)NC1CC1)C2(C)C. The maximum atomic E-state index is 14.5. The lowest BCUT2D eigenvalue weighted by Gasteiger charge is -2.41. The van der Waals surface area contributed by atoms with Crippen LogP contribution in [0, 0.1) is 28.6 Å². The molecule has 0 spiro atoms. The lowest BCUT2D eigenvalue weighted by atomic mass is 9.83. The number of carbonyl (C=O) groups is 5. The Balaban J connectivity index is 1.17. The molecule has 5 atom stereocenters. The third kappa shape index (κ3) is 8.56. The summed E-state index contributed by atoms with van der Waals surface area (Å²) in [5.74, 6) is -2.21. The zero-order valence-electron chi connectivity index (χ0n) is 30.9. The maximum Gasteiger partial charge on any atom is 0.315 e. The fraction of sp³-hybridized carbons (Fsp3) is 0.861. The predicted molar refractivity (Wildman–Crippen MR) is 189 cm³/mol. The lowest BCUT2D eigenvalue weighted by molar-refractivity contribution is -0.145. The van der Waals surface area contributed by atoms with Gasteiger partial charge in [-0.15, -0.1) is 0 Å². The van der Waals surface area contributed by atoms with Gasteiger partial charge in [0.05, 0.1) is 30.5 Å². The van der Waals surface area contributed by atoms with Crippen LogP contribution in [0.4, 0.5) is 4.79 Å². The van der Waals surface area contributed by atoms with E-state index in [2.05, 4.69) is 35.1 Å². The number of piperidine rings is 1. The molecular formula is C36H58N6O8S. The van der Waals surface area contributed by atoms with Gasteiger partial charge in [0, 0.05) is 25.7 Å². The third-order valence-corrected chi connectivity index (χ3v) is 14.3. The third-order valence-electron chi connectivity index (χ3n) is 12.2. The number of hydrogen-bond acceptors (Lipinski definition) is 8. The van der Waals surface area contributed by atoms with Crippen molar-refractivity contribution in [2.75, 3.05) is 38.6 Å². The van der Waals surface area contributed by atoms with E-state index in [-0.39, 0.29) is 48.1 Å². The molecule has 0 aromatic carbocycles. The van der Waals surface area contributed by atoms with Crippen LogP contribution in [0.5, 0.6) is 0 Å². The number of carbonyl (C=O) groups excluding carboxylic acids is 5. The number of fused-ring (bicyclic) bond motifs is 1. The molecule has 51 heavy (non-hydrogen) atoms. The van der Waals surface area contributed by atoms with Crippen molar-refractivity contribution in [3.63, 3.8) is 0 Å². The summed E-state index contributed by atoms with van der Waals surface area (Å²) in [4.78, 5) is 70.1. The van der Waals surface area contributed by atoms with Crippen molar-refractivity contribution in [1.29, 1.82) is 0 Å². The van der Waals surface area contributed by atoms with Gasteiger partial charge in [-0.25, -0.2) is 13.2 Å². The Morgan fingerprint density at radius 3 is 2.16 bits per heavy atom. The number of ether oxygens (including phenoxy) is 1. The highest BCUT2D eigenvalue weighted by atomic mass is 32.2. The summed E-state index contributed by atoms with van der Waals surface area (Å²) in [5.41, 5.74) is -1.94. The van der Waals surface area contributed by atoms with Crippen LogP contribution in [0.1, 0.15) is 98.8 Å². The number of urea groups is 1. The van der Waals surface area contributed by atoms with Gasteiger partial charge in [-0.05, 0) is 60.7 Å². The molecular weight excluding hydrogens is 676 g/mol. The molecule has 286 valence electrons. The fourth-order valence-corrected chi connectivity index (χ4v) is 10.6. The number of sulfonamides is 1. The first-order valence-electron chi connectivity index (χ1n) is 19.0. The van der Waals surface area contributed by atoms with Crippen LogP contribution in [0.25, 0.3) is 0 Å². The first-order valence-corrected chi connectivity index (χ1v) is 20.6. The van der Waals surface area contributed by atoms with Crippen molar-refractivity contribution in [2.45, 2.75) is 129 Å². The second kappa shape index (κ2) is 14.2. The quantitative estimate of drug-likeness (QED) is 0.206. The van der Waals surface area contributed by atoms with E-state index in [4.69, 9.17) is 4.74 Å². The van der Waals surface area contributed by atoms with Crippen molar-refractivity contribution in [2.24, 2.45) is 28.6 Å². The van der Waals surface area contributed by atoms with Gasteiger partial charge in [-0.2, -0.15) is 4.31 Å². The van der Waals surface area contributed by atoms with E-state index in [1.807, 2.05) is 20.8 Å². The number of rotatable bonds is 13.